The van der Waals surface area contributed by atoms with Gasteiger partial charge in [0.1, 0.15) is 12.3 Å². The molecule has 0 spiro atoms. The number of amides is 2. The molecule has 0 saturated carbocycles. The van der Waals surface area contributed by atoms with Crippen LogP contribution in [0.5, 0.6) is 5.75 Å². The molecule has 5 N–H and O–H groups in total. The van der Waals surface area contributed by atoms with Gasteiger partial charge in [-0.2, -0.15) is 0 Å². The number of nitrogens with two attached hydrogens (primary N) is 2. The maximum atomic E-state index is 12.3. The van der Waals surface area contributed by atoms with Crippen LogP contribution in [0.1, 0.15) is 15.9 Å². The highest BCUT2D eigenvalue weighted by atomic mass is 35.5. The van der Waals surface area contributed by atoms with Gasteiger partial charge in [-0.25, -0.2) is 5.84 Å². The van der Waals surface area contributed by atoms with Gasteiger partial charge in [0.2, 0.25) is 5.91 Å². The van der Waals surface area contributed by atoms with Crippen molar-refractivity contribution in [3.8, 4) is 5.75 Å². The second kappa shape index (κ2) is 8.36. The topological polar surface area (TPSA) is 111 Å². The minimum atomic E-state index is -0.584. The first-order valence-electron chi connectivity index (χ1n) is 7.42. The molecule has 0 fully saturated rings. The van der Waals surface area contributed by atoms with Crippen LogP contribution < -0.4 is 21.6 Å². The van der Waals surface area contributed by atoms with E-state index in [1.165, 1.54) is 6.07 Å². The average molecular weight is 363 g/mol. The van der Waals surface area contributed by atoms with Gasteiger partial charge in [-0.3, -0.25) is 14.6 Å². The van der Waals surface area contributed by atoms with Crippen molar-refractivity contribution in [1.29, 1.82) is 0 Å². The third-order valence-corrected chi connectivity index (χ3v) is 3.84. The number of carbonyl (C=O) groups is 2. The van der Waals surface area contributed by atoms with Crippen LogP contribution in [0.3, 0.4) is 0 Å². The normalized spacial score (nSPS) is 10.2. The Balaban J connectivity index is 1.90. The van der Waals surface area contributed by atoms with Gasteiger partial charge in [0.05, 0.1) is 23.4 Å². The summed E-state index contributed by atoms with van der Waals surface area (Å²) < 4.78 is 5.07. The first-order valence-corrected chi connectivity index (χ1v) is 7.80. The lowest BCUT2D eigenvalue weighted by Crippen LogP contribution is -2.45. The summed E-state index contributed by atoms with van der Waals surface area (Å²) in [5.74, 6) is 5.43. The van der Waals surface area contributed by atoms with Gasteiger partial charge in [0.25, 0.3) is 5.91 Å². The van der Waals surface area contributed by atoms with E-state index < -0.39 is 11.8 Å². The molecule has 0 aliphatic carbocycles. The van der Waals surface area contributed by atoms with E-state index in [9.17, 15) is 9.59 Å². The van der Waals surface area contributed by atoms with E-state index in [0.717, 1.165) is 16.3 Å². The molecule has 25 heavy (non-hydrogen) atoms. The van der Waals surface area contributed by atoms with Crippen LogP contribution in [0.15, 0.2) is 42.5 Å². The largest absolute Gasteiger partial charge is 0.497 e. The molecule has 0 bridgehead atoms. The fraction of sp³-hybridized carbons (Fsp3) is 0.176. The zero-order valence-electron chi connectivity index (χ0n) is 13.7. The molecule has 2 aromatic rings. The molecule has 0 atom stereocenters. The van der Waals surface area contributed by atoms with Crippen LogP contribution in [-0.4, -0.2) is 30.5 Å². The van der Waals surface area contributed by atoms with Crippen LogP contribution in [-0.2, 0) is 11.3 Å². The Bertz CT molecular complexity index is 765. The first-order chi connectivity index (χ1) is 11.9. The fourth-order valence-electron chi connectivity index (χ4n) is 2.10. The maximum absolute atomic E-state index is 12.3. The number of benzene rings is 2. The molecule has 0 aliphatic rings. The lowest BCUT2D eigenvalue weighted by atomic mass is 10.1. The summed E-state index contributed by atoms with van der Waals surface area (Å²) in [5, 5.41) is 3.74. The number of ether oxygens (including phenoxy) is 1. The standard InChI is InChI=1S/C17H19ClN4O3/c1-25-12-7-5-11(6-8-12)9-21-15(23)10-22(20)17(24)13-3-2-4-14(18)16(13)19/h2-8H,9-10,19-20H2,1H3,(H,21,23). The van der Waals surface area contributed by atoms with Gasteiger partial charge in [-0.1, -0.05) is 29.8 Å². The molecule has 132 valence electrons. The summed E-state index contributed by atoms with van der Waals surface area (Å²) in [6.45, 7) is 0.00506. The Morgan fingerprint density at radius 1 is 1.20 bits per heavy atom. The van der Waals surface area contributed by atoms with E-state index in [1.54, 1.807) is 31.4 Å². The van der Waals surface area contributed by atoms with Gasteiger partial charge in [-0.15, -0.1) is 0 Å². The van der Waals surface area contributed by atoms with Gasteiger partial charge in [0.15, 0.2) is 0 Å². The molecule has 2 rings (SSSR count). The maximum Gasteiger partial charge on any atom is 0.270 e. The number of carbonyl (C=O) groups excluding carboxylic acids is 2. The number of anilines is 1. The van der Waals surface area contributed by atoms with Crippen molar-refractivity contribution in [3.63, 3.8) is 0 Å². The van der Waals surface area contributed by atoms with E-state index in [2.05, 4.69) is 5.32 Å². The van der Waals surface area contributed by atoms with Gasteiger partial charge in [0, 0.05) is 6.54 Å². The highest BCUT2D eigenvalue weighted by Gasteiger charge is 2.19. The molecular weight excluding hydrogens is 344 g/mol. The summed E-state index contributed by atoms with van der Waals surface area (Å²) >= 11 is 5.88. The van der Waals surface area contributed by atoms with Crippen molar-refractivity contribution in [2.75, 3.05) is 19.4 Å². The molecule has 2 aromatic carbocycles. The molecule has 2 amide bonds. The predicted octanol–water partition coefficient (Wildman–Crippen LogP) is 1.56. The second-order valence-electron chi connectivity index (χ2n) is 5.26. The minimum Gasteiger partial charge on any atom is -0.497 e. The minimum absolute atomic E-state index is 0.128. The Kier molecular flexibility index (Phi) is 6.21. The van der Waals surface area contributed by atoms with E-state index in [-0.39, 0.29) is 22.8 Å². The van der Waals surface area contributed by atoms with Crippen LogP contribution >= 0.6 is 11.6 Å². The number of methoxy groups -OCH3 is 1. The average Bonchev–Trinajstić information content (AvgIpc) is 2.62. The summed E-state index contributed by atoms with van der Waals surface area (Å²) in [7, 11) is 1.58. The van der Waals surface area contributed by atoms with Gasteiger partial charge < -0.3 is 15.8 Å². The first kappa shape index (κ1) is 18.6. The molecular formula is C17H19ClN4O3. The predicted molar refractivity (Wildman–Crippen MR) is 95.9 cm³/mol. The summed E-state index contributed by atoms with van der Waals surface area (Å²) in [6.07, 6.45) is 0. The lowest BCUT2D eigenvalue weighted by Gasteiger charge is -2.17. The van der Waals surface area contributed by atoms with Crippen LogP contribution in [0, 0.1) is 0 Å². The van der Waals surface area contributed by atoms with Crippen molar-refractivity contribution in [2.24, 2.45) is 5.84 Å². The molecule has 0 unspecified atom stereocenters. The number of nitrogens with zero attached hydrogens (tertiary/aromatic N) is 1. The molecule has 7 nitrogen and oxygen atoms in total. The fourth-order valence-corrected chi connectivity index (χ4v) is 2.28. The molecule has 0 aliphatic heterocycles. The SMILES string of the molecule is COc1ccc(CNC(=O)CN(N)C(=O)c2cccc(Cl)c2N)cc1. The van der Waals surface area contributed by atoms with Gasteiger partial charge in [-0.05, 0) is 29.8 Å². The molecule has 8 heteroatoms. The Morgan fingerprint density at radius 2 is 1.88 bits per heavy atom. The summed E-state index contributed by atoms with van der Waals surface area (Å²) in [5.41, 5.74) is 6.94. The number of para-hydroxylation sites is 1. The number of nitrogens with one attached hydrogen (secondary N) is 1. The van der Waals surface area contributed by atoms with Crippen molar-refractivity contribution in [1.82, 2.24) is 10.3 Å². The Labute approximate surface area is 150 Å². The van der Waals surface area contributed by atoms with Crippen LogP contribution in [0.25, 0.3) is 0 Å². The van der Waals surface area contributed by atoms with E-state index in [0.29, 0.717) is 6.54 Å². The monoisotopic (exact) mass is 362 g/mol. The van der Waals surface area contributed by atoms with E-state index in [4.69, 9.17) is 27.9 Å². The number of hydrogen-bond donors (Lipinski definition) is 3. The Hall–Kier alpha value is -2.77. The lowest BCUT2D eigenvalue weighted by molar-refractivity contribution is -0.122. The van der Waals surface area contributed by atoms with E-state index >= 15 is 0 Å². The quantitative estimate of drug-likeness (QED) is 0.312. The van der Waals surface area contributed by atoms with Crippen molar-refractivity contribution in [2.45, 2.75) is 6.54 Å². The highest BCUT2D eigenvalue weighted by molar-refractivity contribution is 6.33. The van der Waals surface area contributed by atoms with Crippen molar-refractivity contribution >= 4 is 29.1 Å². The zero-order chi connectivity index (χ0) is 18.4. The number of hydrogen-bond acceptors (Lipinski definition) is 5. The van der Waals surface area contributed by atoms with Crippen LogP contribution in [0.4, 0.5) is 5.69 Å². The third kappa shape index (κ3) is 4.85. The smallest absolute Gasteiger partial charge is 0.270 e. The highest BCUT2D eigenvalue weighted by Crippen LogP contribution is 2.23. The second-order valence-corrected chi connectivity index (χ2v) is 5.67. The summed E-state index contributed by atoms with van der Waals surface area (Å²) in [4.78, 5) is 24.2. The number of halogens is 1. The Morgan fingerprint density at radius 3 is 2.52 bits per heavy atom. The molecule has 0 saturated heterocycles. The van der Waals surface area contributed by atoms with Crippen molar-refractivity contribution < 1.29 is 14.3 Å². The van der Waals surface area contributed by atoms with Crippen LogP contribution in [0.2, 0.25) is 5.02 Å². The van der Waals surface area contributed by atoms with Crippen molar-refractivity contribution in [3.05, 3.63) is 58.6 Å². The number of hydrazine groups is 1. The number of nitrogen functional groups attached to an aromatic ring is 1. The molecule has 0 aromatic heterocycles. The van der Waals surface area contributed by atoms with Gasteiger partial charge >= 0.3 is 0 Å². The zero-order valence-corrected chi connectivity index (χ0v) is 14.4. The van der Waals surface area contributed by atoms with E-state index in [1.807, 2.05) is 12.1 Å². The third-order valence-electron chi connectivity index (χ3n) is 3.51. The molecule has 0 heterocycles. The summed E-state index contributed by atoms with van der Waals surface area (Å²) in [6, 6.07) is 11.9. The number of rotatable bonds is 6. The molecule has 0 radical (unpaired) electrons.